The summed E-state index contributed by atoms with van der Waals surface area (Å²) >= 11 is 0. The van der Waals surface area contributed by atoms with Gasteiger partial charge >= 0.3 is 0 Å². The fraction of sp³-hybridized carbons (Fsp3) is 0.900. The average molecular weight is 202 g/mol. The Hall–Kier alpha value is -0.610. The van der Waals surface area contributed by atoms with E-state index >= 15 is 0 Å². The van der Waals surface area contributed by atoms with Crippen LogP contribution in [0.1, 0.15) is 26.7 Å². The Bertz CT molecular complexity index is 160. The van der Waals surface area contributed by atoms with Crippen LogP contribution in [-0.2, 0) is 4.79 Å². The first-order valence-corrected chi connectivity index (χ1v) is 5.15. The fourth-order valence-corrected chi connectivity index (χ4v) is 0.958. The predicted octanol–water partition coefficient (Wildman–Crippen LogP) is 0.215. The lowest BCUT2D eigenvalue weighted by Gasteiger charge is -2.20. The Labute approximate surface area is 86.3 Å². The van der Waals surface area contributed by atoms with Gasteiger partial charge in [-0.3, -0.25) is 4.79 Å². The van der Waals surface area contributed by atoms with Crippen LogP contribution < -0.4 is 5.32 Å². The lowest BCUT2D eigenvalue weighted by Crippen LogP contribution is -2.36. The van der Waals surface area contributed by atoms with Crippen molar-refractivity contribution in [2.45, 2.75) is 32.7 Å². The molecule has 0 aliphatic heterocycles. The van der Waals surface area contributed by atoms with Crippen molar-refractivity contribution in [2.75, 3.05) is 26.7 Å². The Balaban J connectivity index is 3.39. The van der Waals surface area contributed by atoms with Gasteiger partial charge in [-0.05, 0) is 27.3 Å². The van der Waals surface area contributed by atoms with E-state index in [4.69, 9.17) is 5.11 Å². The van der Waals surface area contributed by atoms with E-state index in [1.165, 1.54) is 0 Å². The smallest absolute Gasteiger partial charge is 0.220 e. The van der Waals surface area contributed by atoms with E-state index in [1.54, 1.807) is 0 Å². The van der Waals surface area contributed by atoms with Crippen molar-refractivity contribution in [1.82, 2.24) is 10.2 Å². The number of rotatable bonds is 7. The SMILES string of the molecule is CC(C)N(C)CCNC(=O)CCCO. The molecule has 84 valence electrons. The molecule has 0 radical (unpaired) electrons. The molecule has 0 fully saturated rings. The minimum atomic E-state index is 0.0243. The zero-order chi connectivity index (χ0) is 11.0. The summed E-state index contributed by atoms with van der Waals surface area (Å²) in [5.41, 5.74) is 0. The van der Waals surface area contributed by atoms with Crippen LogP contribution in [0.4, 0.5) is 0 Å². The maximum Gasteiger partial charge on any atom is 0.220 e. The molecule has 0 spiro atoms. The van der Waals surface area contributed by atoms with Crippen molar-refractivity contribution in [1.29, 1.82) is 0 Å². The zero-order valence-corrected chi connectivity index (χ0v) is 9.42. The monoisotopic (exact) mass is 202 g/mol. The van der Waals surface area contributed by atoms with Gasteiger partial charge in [0.2, 0.25) is 5.91 Å². The van der Waals surface area contributed by atoms with Crippen LogP contribution in [0.2, 0.25) is 0 Å². The van der Waals surface area contributed by atoms with Crippen LogP contribution in [0.15, 0.2) is 0 Å². The maximum absolute atomic E-state index is 11.1. The minimum Gasteiger partial charge on any atom is -0.396 e. The third kappa shape index (κ3) is 6.86. The van der Waals surface area contributed by atoms with Crippen molar-refractivity contribution in [3.05, 3.63) is 0 Å². The molecule has 0 bridgehead atoms. The summed E-state index contributed by atoms with van der Waals surface area (Å²) < 4.78 is 0. The predicted molar refractivity (Wildman–Crippen MR) is 57.1 cm³/mol. The van der Waals surface area contributed by atoms with Gasteiger partial charge in [-0.1, -0.05) is 0 Å². The standard InChI is InChI=1S/C10H22N2O2/c1-9(2)12(3)7-6-11-10(14)5-4-8-13/h9,13H,4-8H2,1-3H3,(H,11,14). The first-order valence-electron chi connectivity index (χ1n) is 5.15. The third-order valence-corrected chi connectivity index (χ3v) is 2.23. The van der Waals surface area contributed by atoms with Gasteiger partial charge < -0.3 is 15.3 Å². The zero-order valence-electron chi connectivity index (χ0n) is 9.42. The van der Waals surface area contributed by atoms with Gasteiger partial charge in [0.05, 0.1) is 0 Å². The number of carbonyl (C=O) groups is 1. The lowest BCUT2D eigenvalue weighted by molar-refractivity contribution is -0.121. The molecule has 0 rings (SSSR count). The lowest BCUT2D eigenvalue weighted by atomic mass is 10.3. The summed E-state index contributed by atoms with van der Waals surface area (Å²) in [7, 11) is 2.03. The number of likely N-dealkylation sites (N-methyl/N-ethyl adjacent to an activating group) is 1. The summed E-state index contributed by atoms with van der Waals surface area (Å²) in [6, 6.07) is 0.504. The van der Waals surface area contributed by atoms with Gasteiger partial charge in [0.1, 0.15) is 0 Å². The average Bonchev–Trinajstić information content (AvgIpc) is 2.14. The van der Waals surface area contributed by atoms with E-state index in [-0.39, 0.29) is 12.5 Å². The van der Waals surface area contributed by atoms with Crippen LogP contribution in [0.25, 0.3) is 0 Å². The highest BCUT2D eigenvalue weighted by atomic mass is 16.3. The second-order valence-electron chi connectivity index (χ2n) is 3.75. The molecular weight excluding hydrogens is 180 g/mol. The quantitative estimate of drug-likeness (QED) is 0.621. The largest absolute Gasteiger partial charge is 0.396 e. The number of nitrogens with zero attached hydrogens (tertiary/aromatic N) is 1. The van der Waals surface area contributed by atoms with Crippen molar-refractivity contribution in [2.24, 2.45) is 0 Å². The summed E-state index contributed by atoms with van der Waals surface area (Å²) in [6.45, 7) is 5.86. The van der Waals surface area contributed by atoms with E-state index in [1.807, 2.05) is 7.05 Å². The van der Waals surface area contributed by atoms with Gasteiger partial charge in [0, 0.05) is 32.2 Å². The summed E-state index contributed by atoms with van der Waals surface area (Å²) in [5.74, 6) is 0.0243. The topological polar surface area (TPSA) is 52.6 Å². The molecule has 1 amide bonds. The third-order valence-electron chi connectivity index (χ3n) is 2.23. The number of hydrogen-bond donors (Lipinski definition) is 2. The van der Waals surface area contributed by atoms with Crippen molar-refractivity contribution in [3.63, 3.8) is 0 Å². The second-order valence-corrected chi connectivity index (χ2v) is 3.75. The van der Waals surface area contributed by atoms with Crippen molar-refractivity contribution < 1.29 is 9.90 Å². The van der Waals surface area contributed by atoms with Gasteiger partial charge in [0.15, 0.2) is 0 Å². The summed E-state index contributed by atoms with van der Waals surface area (Å²) in [4.78, 5) is 13.3. The summed E-state index contributed by atoms with van der Waals surface area (Å²) in [6.07, 6.45) is 0.966. The molecule has 0 saturated carbocycles. The molecule has 4 heteroatoms. The van der Waals surface area contributed by atoms with E-state index < -0.39 is 0 Å². The molecule has 0 aliphatic carbocycles. The number of carbonyl (C=O) groups excluding carboxylic acids is 1. The minimum absolute atomic E-state index is 0.0243. The van der Waals surface area contributed by atoms with Crippen LogP contribution in [0.3, 0.4) is 0 Å². The molecule has 0 aromatic carbocycles. The first-order chi connectivity index (χ1) is 6.57. The number of amides is 1. The molecule has 2 N–H and O–H groups in total. The molecule has 0 heterocycles. The Morgan fingerprint density at radius 3 is 2.64 bits per heavy atom. The summed E-state index contributed by atoms with van der Waals surface area (Å²) in [5, 5.41) is 11.3. The van der Waals surface area contributed by atoms with Gasteiger partial charge in [-0.15, -0.1) is 0 Å². The van der Waals surface area contributed by atoms with Gasteiger partial charge in [0.25, 0.3) is 0 Å². The number of nitrogens with one attached hydrogen (secondary N) is 1. The van der Waals surface area contributed by atoms with Crippen LogP contribution in [0, 0.1) is 0 Å². The van der Waals surface area contributed by atoms with Gasteiger partial charge in [-0.25, -0.2) is 0 Å². The Morgan fingerprint density at radius 1 is 1.50 bits per heavy atom. The first kappa shape index (κ1) is 13.4. The van der Waals surface area contributed by atoms with E-state index in [0.29, 0.717) is 25.4 Å². The highest BCUT2D eigenvalue weighted by Gasteiger charge is 2.03. The molecule has 0 unspecified atom stereocenters. The Morgan fingerprint density at radius 2 is 2.14 bits per heavy atom. The normalized spacial score (nSPS) is 11.0. The number of aliphatic hydroxyl groups excluding tert-OH is 1. The Kier molecular flexibility index (Phi) is 7.42. The van der Waals surface area contributed by atoms with E-state index in [9.17, 15) is 4.79 Å². The molecular formula is C10H22N2O2. The molecule has 0 aromatic rings. The maximum atomic E-state index is 11.1. The second kappa shape index (κ2) is 7.76. The molecule has 0 saturated heterocycles. The molecule has 4 nitrogen and oxygen atoms in total. The van der Waals surface area contributed by atoms with Crippen molar-refractivity contribution in [3.8, 4) is 0 Å². The highest BCUT2D eigenvalue weighted by molar-refractivity contribution is 5.75. The highest BCUT2D eigenvalue weighted by Crippen LogP contribution is 1.91. The molecule has 0 atom stereocenters. The molecule has 14 heavy (non-hydrogen) atoms. The molecule has 0 aromatic heterocycles. The number of aliphatic hydroxyl groups is 1. The fourth-order valence-electron chi connectivity index (χ4n) is 0.958. The molecule has 0 aliphatic rings. The van der Waals surface area contributed by atoms with Crippen LogP contribution >= 0.6 is 0 Å². The number of hydrogen-bond acceptors (Lipinski definition) is 3. The van der Waals surface area contributed by atoms with E-state index in [2.05, 4.69) is 24.1 Å². The van der Waals surface area contributed by atoms with Gasteiger partial charge in [-0.2, -0.15) is 0 Å². The van der Waals surface area contributed by atoms with Crippen molar-refractivity contribution >= 4 is 5.91 Å². The van der Waals surface area contributed by atoms with Crippen LogP contribution in [0.5, 0.6) is 0 Å². The van der Waals surface area contributed by atoms with Crippen LogP contribution in [-0.4, -0.2) is 48.7 Å². The van der Waals surface area contributed by atoms with E-state index in [0.717, 1.165) is 6.54 Å².